The second kappa shape index (κ2) is 9.77. The Morgan fingerprint density at radius 1 is 1.15 bits per heavy atom. The molecule has 0 aliphatic rings. The Morgan fingerprint density at radius 2 is 1.78 bits per heavy atom. The van der Waals surface area contributed by atoms with Gasteiger partial charge in [-0.05, 0) is 58.6 Å². The second-order valence-electron chi connectivity index (χ2n) is 8.32. The van der Waals surface area contributed by atoms with Crippen LogP contribution in [-0.4, -0.2) is 30.3 Å². The molecule has 0 saturated carbocycles. The first-order chi connectivity index (χ1) is 12.4. The molecule has 0 saturated heterocycles. The minimum absolute atomic E-state index is 0.0982. The van der Waals surface area contributed by atoms with E-state index in [4.69, 9.17) is 9.47 Å². The van der Waals surface area contributed by atoms with Gasteiger partial charge in [-0.2, -0.15) is 0 Å². The second-order valence-corrected chi connectivity index (χ2v) is 8.32. The predicted molar refractivity (Wildman–Crippen MR) is 108 cm³/mol. The van der Waals surface area contributed by atoms with Crippen LogP contribution < -0.4 is 5.32 Å². The first-order valence-electron chi connectivity index (χ1n) is 9.68. The van der Waals surface area contributed by atoms with Crippen molar-refractivity contribution in [3.63, 3.8) is 0 Å². The molecule has 27 heavy (non-hydrogen) atoms. The zero-order valence-corrected chi connectivity index (χ0v) is 18.0. The van der Waals surface area contributed by atoms with E-state index in [0.717, 1.165) is 6.42 Å². The third kappa shape index (κ3) is 7.61. The van der Waals surface area contributed by atoms with Crippen molar-refractivity contribution in [3.05, 3.63) is 34.9 Å². The minimum atomic E-state index is -0.625. The van der Waals surface area contributed by atoms with Gasteiger partial charge in [0, 0.05) is 5.92 Å². The summed E-state index contributed by atoms with van der Waals surface area (Å²) in [7, 11) is 0. The molecule has 1 aromatic carbocycles. The number of esters is 1. The number of hydrogen-bond donors (Lipinski definition) is 1. The molecule has 5 nitrogen and oxygen atoms in total. The molecular formula is C22H35NO4. The molecule has 3 atom stereocenters. The van der Waals surface area contributed by atoms with Gasteiger partial charge in [-0.15, -0.1) is 0 Å². The summed E-state index contributed by atoms with van der Waals surface area (Å²) in [6.45, 7) is 15.5. The molecule has 152 valence electrons. The van der Waals surface area contributed by atoms with Gasteiger partial charge in [-0.3, -0.25) is 4.79 Å². The van der Waals surface area contributed by atoms with Crippen LogP contribution in [0.3, 0.4) is 0 Å². The molecular weight excluding hydrogens is 342 g/mol. The average molecular weight is 378 g/mol. The number of hydrogen-bond acceptors (Lipinski definition) is 4. The summed E-state index contributed by atoms with van der Waals surface area (Å²) in [5, 5.41) is 2.45. The first-order valence-corrected chi connectivity index (χ1v) is 9.68. The molecule has 1 rings (SSSR count). The summed E-state index contributed by atoms with van der Waals surface area (Å²) in [4.78, 5) is 23.9. The maximum absolute atomic E-state index is 12.2. The highest BCUT2D eigenvalue weighted by atomic mass is 16.6. The van der Waals surface area contributed by atoms with Gasteiger partial charge < -0.3 is 14.8 Å². The number of carbonyl (C=O) groups excluding carboxylic acids is 2. The van der Waals surface area contributed by atoms with Gasteiger partial charge in [0.05, 0.1) is 0 Å². The van der Waals surface area contributed by atoms with Crippen molar-refractivity contribution in [2.24, 2.45) is 5.92 Å². The van der Waals surface area contributed by atoms with Crippen molar-refractivity contribution in [2.75, 3.05) is 6.54 Å². The lowest BCUT2D eigenvalue weighted by Gasteiger charge is -2.30. The highest BCUT2D eigenvalue weighted by Gasteiger charge is 2.28. The highest BCUT2D eigenvalue weighted by Crippen LogP contribution is 2.34. The van der Waals surface area contributed by atoms with E-state index in [-0.39, 0.29) is 18.6 Å². The Kier molecular flexibility index (Phi) is 8.32. The van der Waals surface area contributed by atoms with E-state index in [0.29, 0.717) is 5.92 Å². The fourth-order valence-electron chi connectivity index (χ4n) is 3.26. The summed E-state index contributed by atoms with van der Waals surface area (Å²) >= 11 is 0. The Bertz CT molecular complexity index is 648. The van der Waals surface area contributed by atoms with Crippen LogP contribution in [0.5, 0.6) is 0 Å². The number of carbonyl (C=O) groups is 2. The standard InChI is InChI=1S/C22H35NO4/c1-9-15(3)20(18-11-10-14(2)12-16(18)4)17(5)26-19(24)13-23-21(25)27-22(6,7)8/h10-12,15,17,20H,9,13H2,1-8H3,(H,23,25). The lowest BCUT2D eigenvalue weighted by Crippen LogP contribution is -2.37. The summed E-state index contributed by atoms with van der Waals surface area (Å²) in [5.41, 5.74) is 3.02. The molecule has 0 aliphatic carbocycles. The van der Waals surface area contributed by atoms with Gasteiger partial charge in [0.15, 0.2) is 0 Å². The largest absolute Gasteiger partial charge is 0.461 e. The average Bonchev–Trinajstić information content (AvgIpc) is 2.53. The molecule has 1 N–H and O–H groups in total. The number of rotatable bonds is 7. The summed E-state index contributed by atoms with van der Waals surface area (Å²) in [5.74, 6) is -0.0134. The molecule has 0 fully saturated rings. The molecule has 0 bridgehead atoms. The highest BCUT2D eigenvalue weighted by molar-refractivity contribution is 5.78. The minimum Gasteiger partial charge on any atom is -0.461 e. The first kappa shape index (κ1) is 23.0. The lowest BCUT2D eigenvalue weighted by molar-refractivity contribution is -0.148. The van der Waals surface area contributed by atoms with Crippen molar-refractivity contribution in [3.8, 4) is 0 Å². The normalized spacial score (nSPS) is 14.8. The van der Waals surface area contributed by atoms with Gasteiger partial charge in [-0.1, -0.05) is 44.0 Å². The number of aryl methyl sites for hydroxylation is 2. The molecule has 0 radical (unpaired) electrons. The van der Waals surface area contributed by atoms with Crippen molar-refractivity contribution < 1.29 is 19.1 Å². The van der Waals surface area contributed by atoms with E-state index < -0.39 is 17.7 Å². The van der Waals surface area contributed by atoms with E-state index in [9.17, 15) is 9.59 Å². The van der Waals surface area contributed by atoms with E-state index >= 15 is 0 Å². The molecule has 1 amide bonds. The number of benzene rings is 1. The summed E-state index contributed by atoms with van der Waals surface area (Å²) in [6, 6.07) is 6.38. The molecule has 5 heteroatoms. The van der Waals surface area contributed by atoms with Gasteiger partial charge in [0.1, 0.15) is 18.2 Å². The Morgan fingerprint density at radius 3 is 2.30 bits per heavy atom. The van der Waals surface area contributed by atoms with Gasteiger partial charge >= 0.3 is 12.1 Å². The van der Waals surface area contributed by atoms with Crippen LogP contribution >= 0.6 is 0 Å². The van der Waals surface area contributed by atoms with Crippen LogP contribution in [0, 0.1) is 19.8 Å². The van der Waals surface area contributed by atoms with Gasteiger partial charge in [-0.25, -0.2) is 4.79 Å². The van der Waals surface area contributed by atoms with Crippen LogP contribution in [0.4, 0.5) is 4.79 Å². The summed E-state index contributed by atoms with van der Waals surface area (Å²) < 4.78 is 10.8. The van der Waals surface area contributed by atoms with Crippen molar-refractivity contribution >= 4 is 12.1 Å². The quantitative estimate of drug-likeness (QED) is 0.687. The predicted octanol–water partition coefficient (Wildman–Crippen LogP) is 4.89. The Balaban J connectivity index is 2.78. The van der Waals surface area contributed by atoms with Gasteiger partial charge in [0.2, 0.25) is 0 Å². The van der Waals surface area contributed by atoms with Crippen LogP contribution in [0.2, 0.25) is 0 Å². The maximum atomic E-state index is 12.2. The van der Waals surface area contributed by atoms with E-state index in [1.165, 1.54) is 16.7 Å². The van der Waals surface area contributed by atoms with Crippen LogP contribution in [-0.2, 0) is 14.3 Å². The number of nitrogens with one attached hydrogen (secondary N) is 1. The summed E-state index contributed by atoms with van der Waals surface area (Å²) in [6.07, 6.45) is 0.0602. The Hall–Kier alpha value is -2.04. The zero-order chi connectivity index (χ0) is 20.8. The topological polar surface area (TPSA) is 64.6 Å². The van der Waals surface area contributed by atoms with Crippen LogP contribution in [0.25, 0.3) is 0 Å². The van der Waals surface area contributed by atoms with E-state index in [1.807, 2.05) is 6.92 Å². The maximum Gasteiger partial charge on any atom is 0.408 e. The molecule has 0 aliphatic heterocycles. The fraction of sp³-hybridized carbons (Fsp3) is 0.636. The SMILES string of the molecule is CCC(C)C(c1ccc(C)cc1C)C(C)OC(=O)CNC(=O)OC(C)(C)C. The lowest BCUT2D eigenvalue weighted by atomic mass is 9.80. The number of amides is 1. The Labute approximate surface area is 163 Å². The molecule has 0 aromatic heterocycles. The molecule has 3 unspecified atom stereocenters. The third-order valence-corrected chi connectivity index (χ3v) is 4.64. The third-order valence-electron chi connectivity index (χ3n) is 4.64. The van der Waals surface area contributed by atoms with Crippen molar-refractivity contribution in [1.29, 1.82) is 0 Å². The molecule has 1 aromatic rings. The van der Waals surface area contributed by atoms with Crippen molar-refractivity contribution in [2.45, 2.75) is 79.4 Å². The van der Waals surface area contributed by atoms with E-state index in [2.05, 4.69) is 51.2 Å². The van der Waals surface area contributed by atoms with E-state index in [1.54, 1.807) is 20.8 Å². The van der Waals surface area contributed by atoms with Crippen LogP contribution in [0.1, 0.15) is 70.6 Å². The molecule has 0 spiro atoms. The van der Waals surface area contributed by atoms with Crippen LogP contribution in [0.15, 0.2) is 18.2 Å². The number of ether oxygens (including phenoxy) is 2. The smallest absolute Gasteiger partial charge is 0.408 e. The monoisotopic (exact) mass is 377 g/mol. The fourth-order valence-corrected chi connectivity index (χ4v) is 3.26. The zero-order valence-electron chi connectivity index (χ0n) is 18.0. The van der Waals surface area contributed by atoms with Gasteiger partial charge in [0.25, 0.3) is 0 Å². The van der Waals surface area contributed by atoms with Crippen molar-refractivity contribution in [1.82, 2.24) is 5.32 Å². The molecule has 0 heterocycles. The number of alkyl carbamates (subject to hydrolysis) is 1.